The summed E-state index contributed by atoms with van der Waals surface area (Å²) >= 11 is 3.48. The third-order valence-electron chi connectivity index (χ3n) is 2.46. The Bertz CT molecular complexity index is 366. The zero-order valence-corrected chi connectivity index (χ0v) is 10.9. The van der Waals surface area contributed by atoms with Crippen LogP contribution in [0.15, 0.2) is 16.6 Å². The molecule has 1 aliphatic rings. The van der Waals surface area contributed by atoms with Gasteiger partial charge in [0.05, 0.1) is 13.2 Å². The molecule has 0 aliphatic carbocycles. The van der Waals surface area contributed by atoms with Gasteiger partial charge in [0.1, 0.15) is 0 Å². The highest BCUT2D eigenvalue weighted by molar-refractivity contribution is 9.10. The van der Waals surface area contributed by atoms with Crippen molar-refractivity contribution in [2.24, 2.45) is 0 Å². The smallest absolute Gasteiger partial charge is 0.164 e. The molecule has 0 fully saturated rings. The molecule has 0 amide bonds. The first-order valence-electron chi connectivity index (χ1n) is 5.38. The van der Waals surface area contributed by atoms with Crippen LogP contribution in [0.3, 0.4) is 0 Å². The Hall–Kier alpha value is -0.740. The summed E-state index contributed by atoms with van der Waals surface area (Å²) in [4.78, 5) is 0. The molecular weight excluding hydrogens is 272 g/mol. The van der Waals surface area contributed by atoms with E-state index in [1.807, 2.05) is 6.07 Å². The summed E-state index contributed by atoms with van der Waals surface area (Å²) in [6, 6.07) is 4.04. The van der Waals surface area contributed by atoms with E-state index in [1.54, 1.807) is 7.11 Å². The predicted molar refractivity (Wildman–Crippen MR) is 65.3 cm³/mol. The molecule has 0 radical (unpaired) electrons. The van der Waals surface area contributed by atoms with Crippen molar-refractivity contribution in [2.75, 3.05) is 26.9 Å². The molecule has 0 unspecified atom stereocenters. The molecule has 0 aromatic heterocycles. The third-order valence-corrected chi connectivity index (χ3v) is 2.92. The molecule has 1 aliphatic heterocycles. The fourth-order valence-electron chi connectivity index (χ4n) is 1.73. The molecule has 2 rings (SSSR count). The number of ether oxygens (including phenoxy) is 3. The molecule has 0 saturated carbocycles. The van der Waals surface area contributed by atoms with E-state index < -0.39 is 0 Å². The third kappa shape index (κ3) is 2.68. The number of methoxy groups -OCH3 is 1. The van der Waals surface area contributed by atoms with Crippen molar-refractivity contribution in [3.63, 3.8) is 0 Å². The number of fused-ring (bicyclic) bond motifs is 1. The monoisotopic (exact) mass is 286 g/mol. The molecule has 88 valence electrons. The zero-order valence-electron chi connectivity index (χ0n) is 9.29. The maximum atomic E-state index is 5.70. The standard InChI is InChI=1S/C12H15BrO3/c1-14-4-2-5-15-11-8-10(13)7-9-3-6-16-12(9)11/h7-8H,2-6H2,1H3. The van der Waals surface area contributed by atoms with Crippen molar-refractivity contribution in [1.29, 1.82) is 0 Å². The van der Waals surface area contributed by atoms with Gasteiger partial charge < -0.3 is 14.2 Å². The average molecular weight is 287 g/mol. The van der Waals surface area contributed by atoms with Crippen molar-refractivity contribution in [3.05, 3.63) is 22.2 Å². The van der Waals surface area contributed by atoms with Crippen LogP contribution in [0.2, 0.25) is 0 Å². The van der Waals surface area contributed by atoms with Gasteiger partial charge in [-0.2, -0.15) is 0 Å². The van der Waals surface area contributed by atoms with Crippen molar-refractivity contribution in [2.45, 2.75) is 12.8 Å². The summed E-state index contributed by atoms with van der Waals surface area (Å²) in [5.41, 5.74) is 1.22. The van der Waals surface area contributed by atoms with Crippen molar-refractivity contribution >= 4 is 15.9 Å². The summed E-state index contributed by atoms with van der Waals surface area (Å²) in [5, 5.41) is 0. The molecule has 0 bridgehead atoms. The summed E-state index contributed by atoms with van der Waals surface area (Å²) < 4.78 is 17.3. The lowest BCUT2D eigenvalue weighted by molar-refractivity contribution is 0.170. The van der Waals surface area contributed by atoms with E-state index in [-0.39, 0.29) is 0 Å². The van der Waals surface area contributed by atoms with Crippen LogP contribution in [-0.2, 0) is 11.2 Å². The number of hydrogen-bond donors (Lipinski definition) is 0. The van der Waals surface area contributed by atoms with E-state index in [2.05, 4.69) is 22.0 Å². The molecule has 0 atom stereocenters. The molecule has 16 heavy (non-hydrogen) atoms. The van der Waals surface area contributed by atoms with Gasteiger partial charge in [0.25, 0.3) is 0 Å². The molecule has 0 spiro atoms. The molecule has 1 heterocycles. The van der Waals surface area contributed by atoms with Gasteiger partial charge in [0, 0.05) is 36.6 Å². The Kier molecular flexibility index (Phi) is 4.07. The maximum absolute atomic E-state index is 5.70. The average Bonchev–Trinajstić information content (AvgIpc) is 2.72. The lowest BCUT2D eigenvalue weighted by Crippen LogP contribution is -2.02. The summed E-state index contributed by atoms with van der Waals surface area (Å²) in [6.45, 7) is 2.12. The number of hydrogen-bond acceptors (Lipinski definition) is 3. The van der Waals surface area contributed by atoms with E-state index in [1.165, 1.54) is 5.56 Å². The molecule has 4 heteroatoms. The Labute approximate surface area is 104 Å². The molecular formula is C12H15BrO3. The van der Waals surface area contributed by atoms with Crippen molar-refractivity contribution < 1.29 is 14.2 Å². The van der Waals surface area contributed by atoms with Crippen LogP contribution in [-0.4, -0.2) is 26.9 Å². The molecule has 1 aromatic rings. The maximum Gasteiger partial charge on any atom is 0.164 e. The first-order chi connectivity index (χ1) is 7.81. The quantitative estimate of drug-likeness (QED) is 0.779. The first-order valence-corrected chi connectivity index (χ1v) is 6.17. The number of benzene rings is 1. The van der Waals surface area contributed by atoms with Gasteiger partial charge in [-0.05, 0) is 12.1 Å². The van der Waals surface area contributed by atoms with Gasteiger partial charge >= 0.3 is 0 Å². The largest absolute Gasteiger partial charge is 0.490 e. The molecule has 0 saturated heterocycles. The van der Waals surface area contributed by atoms with Crippen molar-refractivity contribution in [3.8, 4) is 11.5 Å². The van der Waals surface area contributed by atoms with Crippen LogP contribution < -0.4 is 9.47 Å². The van der Waals surface area contributed by atoms with Gasteiger partial charge in [-0.15, -0.1) is 0 Å². The Balaban J connectivity index is 2.03. The topological polar surface area (TPSA) is 27.7 Å². The lowest BCUT2D eigenvalue weighted by atomic mass is 10.1. The second kappa shape index (κ2) is 5.55. The SMILES string of the molecule is COCCCOc1cc(Br)cc2c1OCC2. The van der Waals surface area contributed by atoms with Crippen LogP contribution in [0.25, 0.3) is 0 Å². The molecule has 3 nitrogen and oxygen atoms in total. The van der Waals surface area contributed by atoms with Crippen LogP contribution in [0.4, 0.5) is 0 Å². The van der Waals surface area contributed by atoms with Crippen molar-refractivity contribution in [1.82, 2.24) is 0 Å². The van der Waals surface area contributed by atoms with E-state index in [4.69, 9.17) is 14.2 Å². The minimum atomic E-state index is 0.653. The number of rotatable bonds is 5. The Morgan fingerprint density at radius 3 is 3.06 bits per heavy atom. The normalized spacial score (nSPS) is 13.4. The number of halogens is 1. The van der Waals surface area contributed by atoms with Gasteiger partial charge in [-0.25, -0.2) is 0 Å². The Morgan fingerprint density at radius 2 is 2.25 bits per heavy atom. The van der Waals surface area contributed by atoms with Gasteiger partial charge in [0.2, 0.25) is 0 Å². The van der Waals surface area contributed by atoms with Crippen LogP contribution in [0.1, 0.15) is 12.0 Å². The summed E-state index contributed by atoms with van der Waals surface area (Å²) in [5.74, 6) is 1.73. The highest BCUT2D eigenvalue weighted by atomic mass is 79.9. The molecule has 1 aromatic carbocycles. The summed E-state index contributed by atoms with van der Waals surface area (Å²) in [7, 11) is 1.69. The fourth-order valence-corrected chi connectivity index (χ4v) is 2.21. The second-order valence-electron chi connectivity index (χ2n) is 3.69. The zero-order chi connectivity index (χ0) is 11.4. The van der Waals surface area contributed by atoms with Crippen LogP contribution in [0, 0.1) is 0 Å². The minimum absolute atomic E-state index is 0.653. The van der Waals surface area contributed by atoms with Gasteiger partial charge in [0.15, 0.2) is 11.5 Å². The first kappa shape index (κ1) is 11.7. The van der Waals surface area contributed by atoms with E-state index in [9.17, 15) is 0 Å². The lowest BCUT2D eigenvalue weighted by Gasteiger charge is -2.10. The Morgan fingerprint density at radius 1 is 1.38 bits per heavy atom. The van der Waals surface area contributed by atoms with Crippen LogP contribution in [0.5, 0.6) is 11.5 Å². The second-order valence-corrected chi connectivity index (χ2v) is 4.60. The highest BCUT2D eigenvalue weighted by Crippen LogP contribution is 2.38. The van der Waals surface area contributed by atoms with Crippen LogP contribution >= 0.6 is 15.9 Å². The predicted octanol–water partition coefficient (Wildman–Crippen LogP) is 2.80. The molecule has 0 N–H and O–H groups in total. The van der Waals surface area contributed by atoms with E-state index >= 15 is 0 Å². The van der Waals surface area contributed by atoms with Gasteiger partial charge in [-0.3, -0.25) is 0 Å². The summed E-state index contributed by atoms with van der Waals surface area (Å²) in [6.07, 6.45) is 1.85. The fraction of sp³-hybridized carbons (Fsp3) is 0.500. The van der Waals surface area contributed by atoms with E-state index in [0.717, 1.165) is 42.0 Å². The highest BCUT2D eigenvalue weighted by Gasteiger charge is 2.18. The van der Waals surface area contributed by atoms with Gasteiger partial charge in [-0.1, -0.05) is 15.9 Å². The minimum Gasteiger partial charge on any atom is -0.490 e. The van der Waals surface area contributed by atoms with E-state index in [0.29, 0.717) is 6.61 Å².